The quantitative estimate of drug-likeness (QED) is 0.290. The predicted molar refractivity (Wildman–Crippen MR) is 138 cm³/mol. The van der Waals surface area contributed by atoms with Crippen molar-refractivity contribution >= 4 is 11.5 Å². The van der Waals surface area contributed by atoms with Crippen LogP contribution in [0.1, 0.15) is 86.0 Å². The van der Waals surface area contributed by atoms with Gasteiger partial charge in [0.15, 0.2) is 5.78 Å². The molecule has 6 heteroatoms. The summed E-state index contributed by atoms with van der Waals surface area (Å²) in [4.78, 5) is 27.0. The Morgan fingerprint density at radius 3 is 2.62 bits per heavy atom. The number of nitrogens with zero attached hydrogens (tertiary/aromatic N) is 3. The largest absolute Gasteiger partial charge is 0.348 e. The zero-order valence-electron chi connectivity index (χ0n) is 20.3. The van der Waals surface area contributed by atoms with E-state index in [0.29, 0.717) is 6.42 Å². The molecule has 0 radical (unpaired) electrons. The number of benzene rings is 1. The molecule has 0 saturated heterocycles. The van der Waals surface area contributed by atoms with E-state index in [4.69, 9.17) is 0 Å². The number of carbonyl (C=O) groups is 1. The van der Waals surface area contributed by atoms with Crippen LogP contribution in [0.5, 0.6) is 0 Å². The molecule has 1 saturated carbocycles. The molecule has 1 aliphatic heterocycles. The Balaban J connectivity index is 1.19. The Labute approximate surface area is 204 Å². The first kappa shape index (κ1) is 24.6. The van der Waals surface area contributed by atoms with Crippen LogP contribution >= 0.6 is 0 Å². The van der Waals surface area contributed by atoms with Crippen molar-refractivity contribution in [3.05, 3.63) is 65.9 Å². The van der Waals surface area contributed by atoms with Gasteiger partial charge in [0, 0.05) is 61.8 Å². The fraction of sp³-hybridized carbons (Fsp3) is 0.536. The average molecular weight is 462 g/mol. The van der Waals surface area contributed by atoms with Gasteiger partial charge in [-0.15, -0.1) is 0 Å². The van der Waals surface area contributed by atoms with Crippen molar-refractivity contribution in [1.29, 1.82) is 0 Å². The van der Waals surface area contributed by atoms with Crippen LogP contribution in [-0.4, -0.2) is 45.5 Å². The van der Waals surface area contributed by atoms with Gasteiger partial charge in [-0.05, 0) is 37.8 Å². The van der Waals surface area contributed by atoms with Crippen LogP contribution in [0.3, 0.4) is 0 Å². The van der Waals surface area contributed by atoms with Crippen molar-refractivity contribution in [2.75, 3.05) is 13.1 Å². The number of Topliss-reactive ketones (excluding diaryl/α,β-unsaturated/α-hetero) is 1. The van der Waals surface area contributed by atoms with E-state index < -0.39 is 0 Å². The SMILES string of the molecule is O=C(CCCCCNC1CCCCC1)c1ccc(CN(CC2=NC=CC2)Cc2ncc[nH]2)cc1. The second kappa shape index (κ2) is 13.4. The maximum absolute atomic E-state index is 12.6. The number of imidazole rings is 1. The van der Waals surface area contributed by atoms with E-state index >= 15 is 0 Å². The fourth-order valence-corrected chi connectivity index (χ4v) is 4.93. The van der Waals surface area contributed by atoms with E-state index in [1.165, 1.54) is 43.4 Å². The molecule has 1 aromatic carbocycles. The molecule has 2 heterocycles. The molecule has 4 rings (SSSR count). The summed E-state index contributed by atoms with van der Waals surface area (Å²) in [5.74, 6) is 1.21. The molecule has 2 aliphatic rings. The summed E-state index contributed by atoms with van der Waals surface area (Å²) < 4.78 is 0. The number of aromatic nitrogens is 2. The third-order valence-electron chi connectivity index (χ3n) is 6.85. The summed E-state index contributed by atoms with van der Waals surface area (Å²) in [6.07, 6.45) is 19.2. The predicted octanol–water partition coefficient (Wildman–Crippen LogP) is 5.44. The number of unbranched alkanes of at least 4 members (excludes halogenated alkanes) is 2. The van der Waals surface area contributed by atoms with Crippen LogP contribution in [0.25, 0.3) is 0 Å². The minimum atomic E-state index is 0.255. The molecule has 0 spiro atoms. The first-order valence-electron chi connectivity index (χ1n) is 13.0. The summed E-state index contributed by atoms with van der Waals surface area (Å²) in [6, 6.07) is 8.88. The molecule has 2 N–H and O–H groups in total. The highest BCUT2D eigenvalue weighted by atomic mass is 16.1. The average Bonchev–Trinajstić information content (AvgIpc) is 3.57. The minimum absolute atomic E-state index is 0.255. The normalized spacial score (nSPS) is 16.3. The highest BCUT2D eigenvalue weighted by molar-refractivity contribution is 5.96. The van der Waals surface area contributed by atoms with Crippen LogP contribution < -0.4 is 5.32 Å². The fourth-order valence-electron chi connectivity index (χ4n) is 4.93. The number of aliphatic imine (C=N–C) groups is 1. The Morgan fingerprint density at radius 1 is 1.03 bits per heavy atom. The van der Waals surface area contributed by atoms with E-state index in [0.717, 1.165) is 69.3 Å². The van der Waals surface area contributed by atoms with E-state index in [9.17, 15) is 4.79 Å². The second-order valence-corrected chi connectivity index (χ2v) is 9.69. The van der Waals surface area contributed by atoms with Crippen LogP contribution in [0.2, 0.25) is 0 Å². The molecule has 1 fully saturated rings. The van der Waals surface area contributed by atoms with Gasteiger partial charge in [-0.1, -0.05) is 56.0 Å². The molecule has 1 aromatic heterocycles. The molecule has 182 valence electrons. The lowest BCUT2D eigenvalue weighted by atomic mass is 9.95. The Morgan fingerprint density at radius 2 is 1.88 bits per heavy atom. The van der Waals surface area contributed by atoms with Crippen molar-refractivity contribution in [1.82, 2.24) is 20.2 Å². The van der Waals surface area contributed by atoms with Gasteiger partial charge in [-0.25, -0.2) is 4.98 Å². The third-order valence-corrected chi connectivity index (χ3v) is 6.85. The molecule has 0 unspecified atom stereocenters. The van der Waals surface area contributed by atoms with Crippen LogP contribution in [-0.2, 0) is 13.1 Å². The van der Waals surface area contributed by atoms with Gasteiger partial charge in [0.25, 0.3) is 0 Å². The monoisotopic (exact) mass is 461 g/mol. The van der Waals surface area contributed by atoms with Crippen molar-refractivity contribution in [3.63, 3.8) is 0 Å². The van der Waals surface area contributed by atoms with Gasteiger partial charge >= 0.3 is 0 Å². The molecule has 0 atom stereocenters. The zero-order valence-corrected chi connectivity index (χ0v) is 20.3. The molecule has 0 bridgehead atoms. The van der Waals surface area contributed by atoms with E-state index in [2.05, 4.69) is 43.4 Å². The van der Waals surface area contributed by atoms with E-state index in [-0.39, 0.29) is 5.78 Å². The van der Waals surface area contributed by atoms with Crippen molar-refractivity contribution in [2.45, 2.75) is 83.3 Å². The van der Waals surface area contributed by atoms with Crippen LogP contribution in [0, 0.1) is 0 Å². The highest BCUT2D eigenvalue weighted by Crippen LogP contribution is 2.18. The van der Waals surface area contributed by atoms with E-state index in [1.54, 1.807) is 6.20 Å². The van der Waals surface area contributed by atoms with Gasteiger partial charge in [0.05, 0.1) is 6.54 Å². The number of hydrogen-bond acceptors (Lipinski definition) is 5. The maximum Gasteiger partial charge on any atom is 0.162 e. The molecule has 34 heavy (non-hydrogen) atoms. The zero-order chi connectivity index (χ0) is 23.4. The molecular formula is C28H39N5O. The number of carbonyl (C=O) groups excluding carboxylic acids is 1. The molecular weight excluding hydrogens is 422 g/mol. The Kier molecular flexibility index (Phi) is 9.64. The summed E-state index contributed by atoms with van der Waals surface area (Å²) in [5, 5.41) is 3.69. The van der Waals surface area contributed by atoms with Gasteiger partial charge in [0.2, 0.25) is 0 Å². The lowest BCUT2D eigenvalue weighted by molar-refractivity contribution is 0.0979. The minimum Gasteiger partial charge on any atom is -0.348 e. The standard InChI is InChI=1S/C28H39N5O/c34-27(11-5-2-6-16-29-25-8-3-1-4-9-25)24-14-12-23(13-15-24)20-33(21-26-10-7-17-30-26)22-28-31-18-19-32-28/h7,12-15,17-19,25,29H,1-6,8-11,16,20-22H2,(H,31,32). The van der Waals surface area contributed by atoms with Gasteiger partial charge in [-0.2, -0.15) is 0 Å². The first-order chi connectivity index (χ1) is 16.8. The summed E-state index contributed by atoms with van der Waals surface area (Å²) in [7, 11) is 0. The van der Waals surface area contributed by atoms with E-state index in [1.807, 2.05) is 24.5 Å². The topological polar surface area (TPSA) is 73.4 Å². The number of aromatic amines is 1. The maximum atomic E-state index is 12.6. The summed E-state index contributed by atoms with van der Waals surface area (Å²) in [5.41, 5.74) is 3.20. The lowest BCUT2D eigenvalue weighted by Crippen LogP contribution is -2.31. The highest BCUT2D eigenvalue weighted by Gasteiger charge is 2.14. The third kappa shape index (κ3) is 8.03. The smallest absolute Gasteiger partial charge is 0.162 e. The molecule has 0 amide bonds. The van der Waals surface area contributed by atoms with Crippen molar-refractivity contribution in [3.8, 4) is 0 Å². The van der Waals surface area contributed by atoms with Crippen molar-refractivity contribution < 1.29 is 4.79 Å². The van der Waals surface area contributed by atoms with Gasteiger partial charge in [-0.3, -0.25) is 14.7 Å². The van der Waals surface area contributed by atoms with Crippen LogP contribution in [0.15, 0.2) is 53.9 Å². The van der Waals surface area contributed by atoms with Crippen molar-refractivity contribution in [2.24, 2.45) is 4.99 Å². The molecule has 1 aliphatic carbocycles. The van der Waals surface area contributed by atoms with Gasteiger partial charge < -0.3 is 10.3 Å². The molecule has 6 nitrogen and oxygen atoms in total. The number of allylic oxidation sites excluding steroid dienone is 1. The summed E-state index contributed by atoms with van der Waals surface area (Å²) >= 11 is 0. The second-order valence-electron chi connectivity index (χ2n) is 9.69. The lowest BCUT2D eigenvalue weighted by Gasteiger charge is -2.22. The molecule has 2 aromatic rings. The van der Waals surface area contributed by atoms with Crippen LogP contribution in [0.4, 0.5) is 0 Å². The number of H-pyrrole nitrogens is 1. The Bertz CT molecular complexity index is 926. The first-order valence-corrected chi connectivity index (χ1v) is 13.0. The number of rotatable bonds is 14. The summed E-state index contributed by atoms with van der Waals surface area (Å²) in [6.45, 7) is 3.43. The van der Waals surface area contributed by atoms with Gasteiger partial charge in [0.1, 0.15) is 5.82 Å². The number of hydrogen-bond donors (Lipinski definition) is 2. The number of ketones is 1. The number of nitrogens with one attached hydrogen (secondary N) is 2. The Hall–Kier alpha value is -2.57.